The first-order valence-electron chi connectivity index (χ1n) is 10.7. The minimum absolute atomic E-state index is 0.0934. The average molecular weight is 458 g/mol. The fraction of sp³-hybridized carbons (Fsp3) is 0.375. The van der Waals surface area contributed by atoms with Crippen molar-refractivity contribution in [3.8, 4) is 11.1 Å². The second-order valence-corrected chi connectivity index (χ2v) is 8.48. The number of alkyl halides is 2. The Morgan fingerprint density at radius 1 is 1.06 bits per heavy atom. The lowest BCUT2D eigenvalue weighted by atomic mass is 9.98. The van der Waals surface area contributed by atoms with Gasteiger partial charge in [0.15, 0.2) is 0 Å². The Bertz CT molecular complexity index is 1040. The number of aliphatic carboxylic acids is 1. The van der Waals surface area contributed by atoms with E-state index < -0.39 is 48.3 Å². The molecule has 2 amide bonds. The monoisotopic (exact) mass is 458 g/mol. The number of carboxylic acids is 1. The number of carbonyl (C=O) groups is 3. The Hall–Kier alpha value is -3.49. The van der Waals surface area contributed by atoms with Gasteiger partial charge in [-0.15, -0.1) is 0 Å². The van der Waals surface area contributed by atoms with Gasteiger partial charge in [-0.25, -0.2) is 13.6 Å². The number of fused-ring (bicyclic) bond motifs is 3. The standard InChI is InChI=1S/C24H24F2N2O5/c1-13(10-20(29)27-11-19-21(22(30)31)24(19,25)26)28-23(32)33-12-18-16-8-4-2-6-14(16)15-7-3-5-9-17(15)18/h2-9,13,18-19,21H,10-12H2,1H3,(H,27,29)(H,28,32)(H,30,31). The van der Waals surface area contributed by atoms with E-state index in [0.717, 1.165) is 22.3 Å². The van der Waals surface area contributed by atoms with Gasteiger partial charge in [-0.2, -0.15) is 0 Å². The van der Waals surface area contributed by atoms with Crippen LogP contribution >= 0.6 is 0 Å². The number of halogens is 2. The molecule has 0 radical (unpaired) electrons. The van der Waals surface area contributed by atoms with E-state index in [2.05, 4.69) is 10.6 Å². The van der Waals surface area contributed by atoms with Crippen LogP contribution < -0.4 is 10.6 Å². The van der Waals surface area contributed by atoms with Crippen LogP contribution in [0.15, 0.2) is 48.5 Å². The SMILES string of the molecule is CC(CC(=O)NCC1C(C(=O)O)C1(F)F)NC(=O)OCC1c2ccccc2-c2ccccc21. The molecule has 0 heterocycles. The van der Waals surface area contributed by atoms with E-state index in [9.17, 15) is 23.2 Å². The number of hydrogen-bond acceptors (Lipinski definition) is 4. The van der Waals surface area contributed by atoms with E-state index in [4.69, 9.17) is 9.84 Å². The van der Waals surface area contributed by atoms with E-state index in [0.29, 0.717) is 0 Å². The Balaban J connectivity index is 1.24. The molecule has 0 spiro atoms. The molecule has 1 fully saturated rings. The van der Waals surface area contributed by atoms with Crippen LogP contribution in [0.25, 0.3) is 11.1 Å². The summed E-state index contributed by atoms with van der Waals surface area (Å²) < 4.78 is 32.2. The van der Waals surface area contributed by atoms with Crippen LogP contribution in [-0.4, -0.2) is 48.2 Å². The number of benzene rings is 2. The van der Waals surface area contributed by atoms with Crippen molar-refractivity contribution in [2.45, 2.75) is 31.2 Å². The summed E-state index contributed by atoms with van der Waals surface area (Å²) in [7, 11) is 0. The first-order valence-corrected chi connectivity index (χ1v) is 10.7. The summed E-state index contributed by atoms with van der Waals surface area (Å²) in [4.78, 5) is 35.0. The van der Waals surface area contributed by atoms with E-state index in [1.54, 1.807) is 6.92 Å². The molecule has 0 aromatic heterocycles. The Morgan fingerprint density at radius 2 is 1.64 bits per heavy atom. The number of alkyl carbamates (subject to hydrolysis) is 1. The number of carboxylic acid groups (broad SMARTS) is 1. The third-order valence-electron chi connectivity index (χ3n) is 6.19. The lowest BCUT2D eigenvalue weighted by Gasteiger charge is -2.17. The summed E-state index contributed by atoms with van der Waals surface area (Å²) >= 11 is 0. The molecule has 9 heteroatoms. The van der Waals surface area contributed by atoms with E-state index in [1.165, 1.54) is 0 Å². The smallest absolute Gasteiger partial charge is 0.407 e. The molecule has 3 N–H and O–H groups in total. The maximum absolute atomic E-state index is 13.4. The number of amides is 2. The fourth-order valence-electron chi connectivity index (χ4n) is 4.45. The third kappa shape index (κ3) is 4.53. The van der Waals surface area contributed by atoms with Gasteiger partial charge in [0.1, 0.15) is 12.5 Å². The van der Waals surface area contributed by atoms with Crippen LogP contribution in [0.5, 0.6) is 0 Å². The average Bonchev–Trinajstić information content (AvgIpc) is 3.18. The topological polar surface area (TPSA) is 105 Å². The predicted molar refractivity (Wildman–Crippen MR) is 115 cm³/mol. The number of rotatable bonds is 8. The zero-order valence-electron chi connectivity index (χ0n) is 17.9. The Morgan fingerprint density at radius 3 is 2.18 bits per heavy atom. The first kappa shape index (κ1) is 22.7. The molecular formula is C24H24F2N2O5. The number of nitrogens with one attached hydrogen (secondary N) is 2. The van der Waals surface area contributed by atoms with Crippen molar-refractivity contribution < 1.29 is 33.0 Å². The lowest BCUT2D eigenvalue weighted by Crippen LogP contribution is -2.38. The molecule has 7 nitrogen and oxygen atoms in total. The predicted octanol–water partition coefficient (Wildman–Crippen LogP) is 3.39. The molecule has 33 heavy (non-hydrogen) atoms. The minimum atomic E-state index is -3.32. The van der Waals surface area contributed by atoms with Crippen molar-refractivity contribution in [3.05, 3.63) is 59.7 Å². The number of carbonyl (C=O) groups excluding carboxylic acids is 2. The second-order valence-electron chi connectivity index (χ2n) is 8.48. The van der Waals surface area contributed by atoms with E-state index in [-0.39, 0.29) is 18.9 Å². The zero-order chi connectivity index (χ0) is 23.8. The van der Waals surface area contributed by atoms with Crippen LogP contribution in [0.3, 0.4) is 0 Å². The summed E-state index contributed by atoms with van der Waals surface area (Å²) in [5.41, 5.74) is 4.38. The number of hydrogen-bond donors (Lipinski definition) is 3. The van der Waals surface area contributed by atoms with E-state index >= 15 is 0 Å². The summed E-state index contributed by atoms with van der Waals surface area (Å²) in [6, 6.07) is 15.3. The number of ether oxygens (including phenoxy) is 1. The van der Waals surface area contributed by atoms with Crippen LogP contribution in [0.4, 0.5) is 13.6 Å². The molecule has 2 aliphatic carbocycles. The van der Waals surface area contributed by atoms with Crippen LogP contribution in [0, 0.1) is 11.8 Å². The molecule has 0 bridgehead atoms. The molecule has 4 rings (SSSR count). The molecule has 1 saturated carbocycles. The van der Waals surface area contributed by atoms with Crippen LogP contribution in [0.1, 0.15) is 30.4 Å². The zero-order valence-corrected chi connectivity index (χ0v) is 17.9. The molecule has 3 unspecified atom stereocenters. The lowest BCUT2D eigenvalue weighted by molar-refractivity contribution is -0.141. The molecule has 174 valence electrons. The van der Waals surface area contributed by atoms with Crippen LogP contribution in [0.2, 0.25) is 0 Å². The van der Waals surface area contributed by atoms with Crippen LogP contribution in [-0.2, 0) is 14.3 Å². The molecule has 2 aliphatic rings. The van der Waals surface area contributed by atoms with Crippen molar-refractivity contribution in [3.63, 3.8) is 0 Å². The summed E-state index contributed by atoms with van der Waals surface area (Å²) in [6.45, 7) is 1.29. The van der Waals surface area contributed by atoms with Gasteiger partial charge in [-0.3, -0.25) is 9.59 Å². The van der Waals surface area contributed by atoms with Gasteiger partial charge >= 0.3 is 12.1 Å². The maximum Gasteiger partial charge on any atom is 0.407 e. The molecule has 2 aromatic rings. The quantitative estimate of drug-likeness (QED) is 0.563. The van der Waals surface area contributed by atoms with Gasteiger partial charge in [0, 0.05) is 24.9 Å². The van der Waals surface area contributed by atoms with Gasteiger partial charge in [-0.05, 0) is 29.2 Å². The van der Waals surface area contributed by atoms with Crippen molar-refractivity contribution in [2.75, 3.05) is 13.2 Å². The van der Waals surface area contributed by atoms with Gasteiger partial charge in [0.25, 0.3) is 5.92 Å². The molecular weight excluding hydrogens is 434 g/mol. The van der Waals surface area contributed by atoms with Crippen molar-refractivity contribution in [1.29, 1.82) is 0 Å². The largest absolute Gasteiger partial charge is 0.481 e. The summed E-state index contributed by atoms with van der Waals surface area (Å²) in [5.74, 6) is -8.73. The maximum atomic E-state index is 13.4. The van der Waals surface area contributed by atoms with Gasteiger partial charge in [-0.1, -0.05) is 48.5 Å². The highest BCUT2D eigenvalue weighted by Crippen LogP contribution is 2.54. The van der Waals surface area contributed by atoms with Gasteiger partial charge < -0.3 is 20.5 Å². The van der Waals surface area contributed by atoms with E-state index in [1.807, 2.05) is 48.5 Å². The van der Waals surface area contributed by atoms with Crippen molar-refractivity contribution in [1.82, 2.24) is 10.6 Å². The fourth-order valence-corrected chi connectivity index (χ4v) is 4.45. The normalized spacial score (nSPS) is 20.8. The Kier molecular flexibility index (Phi) is 6.05. The molecule has 0 saturated heterocycles. The summed E-state index contributed by atoms with van der Waals surface area (Å²) in [6.07, 6.45) is -0.836. The second kappa shape index (κ2) is 8.80. The highest BCUT2D eigenvalue weighted by molar-refractivity contribution is 5.80. The van der Waals surface area contributed by atoms with Crippen molar-refractivity contribution in [2.24, 2.45) is 11.8 Å². The minimum Gasteiger partial charge on any atom is -0.481 e. The van der Waals surface area contributed by atoms with Gasteiger partial charge in [0.05, 0.1) is 5.92 Å². The molecule has 0 aliphatic heterocycles. The highest BCUT2D eigenvalue weighted by Gasteiger charge is 2.72. The summed E-state index contributed by atoms with van der Waals surface area (Å²) in [5, 5.41) is 13.6. The molecule has 2 aromatic carbocycles. The Labute approximate surface area is 189 Å². The van der Waals surface area contributed by atoms with Gasteiger partial charge in [0.2, 0.25) is 5.91 Å². The molecule has 3 atom stereocenters. The van der Waals surface area contributed by atoms with Crippen molar-refractivity contribution >= 4 is 18.0 Å². The third-order valence-corrected chi connectivity index (χ3v) is 6.19. The highest BCUT2D eigenvalue weighted by atomic mass is 19.3. The first-order chi connectivity index (χ1) is 15.7.